The molecule has 0 aliphatic heterocycles. The fraction of sp³-hybridized carbons (Fsp3) is 0.357. The van der Waals surface area contributed by atoms with Crippen molar-refractivity contribution < 1.29 is 4.79 Å². The van der Waals surface area contributed by atoms with Crippen LogP contribution in [0.3, 0.4) is 0 Å². The number of pyridine rings is 1. The van der Waals surface area contributed by atoms with Crippen LogP contribution >= 0.6 is 0 Å². The van der Waals surface area contributed by atoms with Crippen LogP contribution in [0.15, 0.2) is 35.5 Å². The number of rotatable bonds is 6. The molecule has 20 heavy (non-hydrogen) atoms. The Hall–Kier alpha value is -2.37. The molecule has 0 radical (unpaired) electrons. The van der Waals surface area contributed by atoms with Crippen LogP contribution in [0.25, 0.3) is 0 Å². The molecule has 1 rings (SSSR count). The second kappa shape index (κ2) is 7.93. The average molecular weight is 275 g/mol. The molecule has 108 valence electrons. The minimum absolute atomic E-state index is 0.124. The van der Waals surface area contributed by atoms with Gasteiger partial charge in [0.1, 0.15) is 5.82 Å². The maximum Gasteiger partial charge on any atom is 0.227 e. The molecule has 0 bridgehead atoms. The van der Waals surface area contributed by atoms with E-state index in [1.807, 2.05) is 19.9 Å². The molecule has 1 aromatic heterocycles. The molecule has 0 saturated carbocycles. The van der Waals surface area contributed by atoms with Crippen LogP contribution in [0.2, 0.25) is 0 Å². The monoisotopic (exact) mass is 275 g/mol. The Bertz CT molecular complexity index is 493. The van der Waals surface area contributed by atoms with Crippen LogP contribution in [0, 0.1) is 6.92 Å². The fourth-order valence-corrected chi connectivity index (χ4v) is 1.33. The smallest absolute Gasteiger partial charge is 0.227 e. The summed E-state index contributed by atoms with van der Waals surface area (Å²) in [6.07, 6.45) is 2.00. The molecule has 1 heterocycles. The standard InChI is InChI=1S/C14H21N5O/c1-10(2)8-18-14(15)16-7-6-13(20)19-12-5-4-11(3)9-17-12/h4-5,9H,1,6-8H2,2-3H3,(H3,15,16,18)(H,17,19,20). The fourth-order valence-electron chi connectivity index (χ4n) is 1.33. The third-order valence-electron chi connectivity index (χ3n) is 2.36. The first-order chi connectivity index (χ1) is 9.47. The predicted molar refractivity (Wildman–Crippen MR) is 81.5 cm³/mol. The topological polar surface area (TPSA) is 92.4 Å². The number of nitrogens with zero attached hydrogens (tertiary/aromatic N) is 2. The van der Waals surface area contributed by atoms with E-state index in [1.165, 1.54) is 0 Å². The highest BCUT2D eigenvalue weighted by Gasteiger charge is 2.03. The number of aliphatic imine (C=N–C) groups is 1. The Labute approximate surface area is 119 Å². The van der Waals surface area contributed by atoms with Crippen LogP contribution in [-0.4, -0.2) is 29.9 Å². The molecule has 1 amide bonds. The Morgan fingerprint density at radius 3 is 2.85 bits per heavy atom. The Kier molecular flexibility index (Phi) is 6.22. The van der Waals surface area contributed by atoms with Crippen LogP contribution in [0.5, 0.6) is 0 Å². The molecule has 0 spiro atoms. The van der Waals surface area contributed by atoms with E-state index < -0.39 is 0 Å². The van der Waals surface area contributed by atoms with E-state index >= 15 is 0 Å². The second-order valence-electron chi connectivity index (χ2n) is 4.60. The zero-order valence-electron chi connectivity index (χ0n) is 11.9. The molecule has 0 atom stereocenters. The van der Waals surface area contributed by atoms with Gasteiger partial charge in [-0.3, -0.25) is 4.79 Å². The normalized spacial score (nSPS) is 11.0. The zero-order valence-corrected chi connectivity index (χ0v) is 11.9. The maximum absolute atomic E-state index is 11.7. The number of aryl methyl sites for hydroxylation is 1. The summed E-state index contributed by atoms with van der Waals surface area (Å²) in [6.45, 7) is 8.45. The lowest BCUT2D eigenvalue weighted by molar-refractivity contribution is -0.116. The zero-order chi connectivity index (χ0) is 15.0. The van der Waals surface area contributed by atoms with Crippen molar-refractivity contribution in [2.75, 3.05) is 18.4 Å². The van der Waals surface area contributed by atoms with Crippen molar-refractivity contribution >= 4 is 17.7 Å². The Morgan fingerprint density at radius 2 is 2.25 bits per heavy atom. The van der Waals surface area contributed by atoms with Crippen molar-refractivity contribution in [3.05, 3.63) is 36.0 Å². The molecular formula is C14H21N5O. The first kappa shape index (κ1) is 15.7. The SMILES string of the molecule is C=C(C)CN=C(N)NCCC(=O)Nc1ccc(C)cn1. The summed E-state index contributed by atoms with van der Waals surface area (Å²) in [5.41, 5.74) is 7.61. The van der Waals surface area contributed by atoms with Crippen molar-refractivity contribution in [3.8, 4) is 0 Å². The third-order valence-corrected chi connectivity index (χ3v) is 2.36. The minimum atomic E-state index is -0.124. The van der Waals surface area contributed by atoms with Crippen molar-refractivity contribution in [1.82, 2.24) is 10.3 Å². The molecule has 4 N–H and O–H groups in total. The van der Waals surface area contributed by atoms with E-state index in [1.54, 1.807) is 12.3 Å². The van der Waals surface area contributed by atoms with Crippen molar-refractivity contribution in [3.63, 3.8) is 0 Å². The summed E-state index contributed by atoms with van der Waals surface area (Å²) in [7, 11) is 0. The van der Waals surface area contributed by atoms with Gasteiger partial charge in [0.15, 0.2) is 5.96 Å². The lowest BCUT2D eigenvalue weighted by Gasteiger charge is -2.06. The minimum Gasteiger partial charge on any atom is -0.370 e. The van der Waals surface area contributed by atoms with Gasteiger partial charge in [0.05, 0.1) is 6.54 Å². The molecule has 6 heteroatoms. The first-order valence-corrected chi connectivity index (χ1v) is 6.38. The van der Waals surface area contributed by atoms with Crippen LogP contribution < -0.4 is 16.4 Å². The molecule has 0 aromatic carbocycles. The highest BCUT2D eigenvalue weighted by Crippen LogP contribution is 2.03. The Balaban J connectivity index is 2.28. The van der Waals surface area contributed by atoms with E-state index in [0.29, 0.717) is 31.3 Å². The second-order valence-corrected chi connectivity index (χ2v) is 4.60. The van der Waals surface area contributed by atoms with Gasteiger partial charge in [-0.15, -0.1) is 0 Å². The Morgan fingerprint density at radius 1 is 1.50 bits per heavy atom. The van der Waals surface area contributed by atoms with E-state index in [4.69, 9.17) is 5.73 Å². The summed E-state index contributed by atoms with van der Waals surface area (Å²) in [6, 6.07) is 3.66. The summed E-state index contributed by atoms with van der Waals surface area (Å²) in [4.78, 5) is 19.8. The van der Waals surface area contributed by atoms with Gasteiger partial charge in [-0.2, -0.15) is 0 Å². The summed E-state index contributed by atoms with van der Waals surface area (Å²) in [5, 5.41) is 5.58. The lowest BCUT2D eigenvalue weighted by atomic mass is 10.3. The van der Waals surface area contributed by atoms with Crippen molar-refractivity contribution in [2.45, 2.75) is 20.3 Å². The predicted octanol–water partition coefficient (Wildman–Crippen LogP) is 1.20. The number of nitrogens with two attached hydrogens (primary N) is 1. The van der Waals surface area contributed by atoms with Crippen molar-refractivity contribution in [2.24, 2.45) is 10.7 Å². The van der Waals surface area contributed by atoms with Crippen LogP contribution in [0.1, 0.15) is 18.9 Å². The number of hydrogen-bond donors (Lipinski definition) is 3. The van der Waals surface area contributed by atoms with Gasteiger partial charge in [0.2, 0.25) is 5.91 Å². The van der Waals surface area contributed by atoms with Gasteiger partial charge in [0.25, 0.3) is 0 Å². The largest absolute Gasteiger partial charge is 0.370 e. The number of carbonyl (C=O) groups is 1. The van der Waals surface area contributed by atoms with Gasteiger partial charge < -0.3 is 16.4 Å². The van der Waals surface area contributed by atoms with E-state index in [-0.39, 0.29) is 5.91 Å². The molecule has 0 aliphatic rings. The number of aromatic nitrogens is 1. The van der Waals surface area contributed by atoms with Crippen LogP contribution in [0.4, 0.5) is 5.82 Å². The number of nitrogens with one attached hydrogen (secondary N) is 2. The van der Waals surface area contributed by atoms with E-state index in [2.05, 4.69) is 27.2 Å². The van der Waals surface area contributed by atoms with Gasteiger partial charge in [-0.25, -0.2) is 9.98 Å². The molecule has 0 unspecified atom stereocenters. The molecule has 1 aromatic rings. The average Bonchev–Trinajstić information content (AvgIpc) is 2.39. The van der Waals surface area contributed by atoms with Gasteiger partial charge in [-0.1, -0.05) is 18.2 Å². The molecule has 6 nitrogen and oxygen atoms in total. The highest BCUT2D eigenvalue weighted by molar-refractivity contribution is 5.90. The quantitative estimate of drug-likeness (QED) is 0.413. The lowest BCUT2D eigenvalue weighted by Crippen LogP contribution is -2.34. The van der Waals surface area contributed by atoms with Gasteiger partial charge >= 0.3 is 0 Å². The van der Waals surface area contributed by atoms with Gasteiger partial charge in [0, 0.05) is 19.2 Å². The van der Waals surface area contributed by atoms with E-state index in [9.17, 15) is 4.79 Å². The van der Waals surface area contributed by atoms with Crippen molar-refractivity contribution in [1.29, 1.82) is 0 Å². The summed E-state index contributed by atoms with van der Waals surface area (Å²) < 4.78 is 0. The van der Waals surface area contributed by atoms with Gasteiger partial charge in [-0.05, 0) is 25.5 Å². The summed E-state index contributed by atoms with van der Waals surface area (Å²) >= 11 is 0. The first-order valence-electron chi connectivity index (χ1n) is 6.38. The molecular weight excluding hydrogens is 254 g/mol. The summed E-state index contributed by atoms with van der Waals surface area (Å²) in [5.74, 6) is 0.736. The molecule has 0 aliphatic carbocycles. The maximum atomic E-state index is 11.7. The van der Waals surface area contributed by atoms with Crippen LogP contribution in [-0.2, 0) is 4.79 Å². The third kappa shape index (κ3) is 6.53. The van der Waals surface area contributed by atoms with E-state index in [0.717, 1.165) is 11.1 Å². The number of carbonyl (C=O) groups excluding carboxylic acids is 1. The number of guanidine groups is 1. The number of amides is 1. The number of hydrogen-bond acceptors (Lipinski definition) is 3. The number of anilines is 1. The molecule has 0 fully saturated rings. The highest BCUT2D eigenvalue weighted by atomic mass is 16.1. The molecule has 0 saturated heterocycles.